The van der Waals surface area contributed by atoms with E-state index in [0.717, 1.165) is 22.9 Å². The molecule has 0 spiro atoms. The zero-order valence-electron chi connectivity index (χ0n) is 9.39. The van der Waals surface area contributed by atoms with Crippen LogP contribution in [0.15, 0.2) is 16.6 Å². The molecule has 88 valence electrons. The van der Waals surface area contributed by atoms with E-state index in [-0.39, 0.29) is 18.0 Å². The molecule has 2 nitrogen and oxygen atoms in total. The average molecular weight is 288 g/mol. The van der Waals surface area contributed by atoms with E-state index in [1.807, 2.05) is 7.05 Å². The lowest BCUT2D eigenvalue weighted by molar-refractivity contribution is 0.176. The number of hydrogen-bond acceptors (Lipinski definition) is 2. The Morgan fingerprint density at radius 3 is 2.88 bits per heavy atom. The highest BCUT2D eigenvalue weighted by atomic mass is 79.9. The molecule has 1 N–H and O–H groups in total. The van der Waals surface area contributed by atoms with Gasteiger partial charge in [-0.1, -0.05) is 29.3 Å². The van der Waals surface area contributed by atoms with E-state index in [9.17, 15) is 4.39 Å². The molecule has 0 aliphatic carbocycles. The third kappa shape index (κ3) is 1.84. The lowest BCUT2D eigenvalue weighted by Crippen LogP contribution is -2.28. The zero-order valence-corrected chi connectivity index (χ0v) is 11.0. The van der Waals surface area contributed by atoms with E-state index in [0.29, 0.717) is 5.75 Å². The van der Waals surface area contributed by atoms with Gasteiger partial charge in [0.1, 0.15) is 6.10 Å². The number of benzene rings is 1. The molecule has 0 aromatic heterocycles. The summed E-state index contributed by atoms with van der Waals surface area (Å²) in [5.41, 5.74) is 0.904. The highest BCUT2D eigenvalue weighted by Gasteiger charge is 2.36. The van der Waals surface area contributed by atoms with Crippen molar-refractivity contribution in [2.75, 3.05) is 7.05 Å². The van der Waals surface area contributed by atoms with Gasteiger partial charge >= 0.3 is 0 Å². The van der Waals surface area contributed by atoms with Gasteiger partial charge in [0.05, 0.1) is 6.04 Å². The van der Waals surface area contributed by atoms with Crippen LogP contribution in [-0.4, -0.2) is 13.2 Å². The van der Waals surface area contributed by atoms with E-state index >= 15 is 0 Å². The topological polar surface area (TPSA) is 21.3 Å². The van der Waals surface area contributed by atoms with Gasteiger partial charge in [0.2, 0.25) is 0 Å². The van der Waals surface area contributed by atoms with Crippen LogP contribution in [0.5, 0.6) is 5.75 Å². The molecule has 1 aromatic rings. The predicted octanol–water partition coefficient (Wildman–Crippen LogP) is 3.41. The molecule has 16 heavy (non-hydrogen) atoms. The van der Waals surface area contributed by atoms with Crippen molar-refractivity contribution in [1.82, 2.24) is 5.32 Å². The fourth-order valence-electron chi connectivity index (χ4n) is 2.20. The maximum atomic E-state index is 13.6. The summed E-state index contributed by atoms with van der Waals surface area (Å²) in [5.74, 6) is 0.115. The number of halogens is 2. The predicted molar refractivity (Wildman–Crippen MR) is 65.2 cm³/mol. The molecule has 2 rings (SSSR count). The molecule has 0 saturated heterocycles. The fourth-order valence-corrected chi connectivity index (χ4v) is 2.76. The van der Waals surface area contributed by atoms with Crippen molar-refractivity contribution < 1.29 is 9.13 Å². The second kappa shape index (κ2) is 4.72. The van der Waals surface area contributed by atoms with Gasteiger partial charge < -0.3 is 10.1 Å². The molecule has 1 aliphatic heterocycles. The molecule has 2 atom stereocenters. The third-order valence-corrected chi connectivity index (χ3v) is 3.62. The van der Waals surface area contributed by atoms with Gasteiger partial charge in [0, 0.05) is 10.0 Å². The van der Waals surface area contributed by atoms with E-state index in [2.05, 4.69) is 28.2 Å². The van der Waals surface area contributed by atoms with Gasteiger partial charge in [-0.05, 0) is 25.6 Å². The summed E-state index contributed by atoms with van der Waals surface area (Å²) >= 11 is 3.45. The van der Waals surface area contributed by atoms with Crippen molar-refractivity contribution in [3.05, 3.63) is 28.0 Å². The highest BCUT2D eigenvalue weighted by molar-refractivity contribution is 9.10. The maximum Gasteiger partial charge on any atom is 0.165 e. The van der Waals surface area contributed by atoms with Crippen molar-refractivity contribution in [1.29, 1.82) is 0 Å². The quantitative estimate of drug-likeness (QED) is 0.920. The maximum absolute atomic E-state index is 13.6. The second-order valence-corrected chi connectivity index (χ2v) is 4.84. The average Bonchev–Trinajstić information content (AvgIpc) is 2.64. The molecular weight excluding hydrogens is 273 g/mol. The summed E-state index contributed by atoms with van der Waals surface area (Å²) < 4.78 is 20.2. The van der Waals surface area contributed by atoms with Crippen molar-refractivity contribution in [3.8, 4) is 5.75 Å². The van der Waals surface area contributed by atoms with Crippen LogP contribution in [0.25, 0.3) is 0 Å². The van der Waals surface area contributed by atoms with Gasteiger partial charge in [0.25, 0.3) is 0 Å². The minimum absolute atomic E-state index is 0.0261. The number of likely N-dealkylation sites (N-methyl/N-ethyl adjacent to an activating group) is 1. The van der Waals surface area contributed by atoms with Crippen LogP contribution >= 0.6 is 15.9 Å². The van der Waals surface area contributed by atoms with E-state index in [1.165, 1.54) is 6.07 Å². The van der Waals surface area contributed by atoms with Crippen LogP contribution in [0.3, 0.4) is 0 Å². The Kier molecular flexibility index (Phi) is 3.50. The molecule has 0 amide bonds. The van der Waals surface area contributed by atoms with Crippen LogP contribution < -0.4 is 10.1 Å². The number of fused-ring (bicyclic) bond motifs is 1. The summed E-state index contributed by atoms with van der Waals surface area (Å²) in [6.07, 6.45) is 1.97. The van der Waals surface area contributed by atoms with Crippen LogP contribution in [-0.2, 0) is 0 Å². The molecule has 1 heterocycles. The molecule has 0 bridgehead atoms. The minimum atomic E-state index is -0.281. The lowest BCUT2D eigenvalue weighted by Gasteiger charge is -2.17. The number of hydrogen-bond donors (Lipinski definition) is 1. The summed E-state index contributed by atoms with van der Waals surface area (Å²) in [6.45, 7) is 2.10. The Bertz CT molecular complexity index is 397. The standard InChI is InChI=1S/C12H15BrFNO/c1-3-4-9-11(15-2)10-7(13)5-6-8(14)12(10)16-9/h5-6,9,11,15H,3-4H2,1-2H3. The van der Waals surface area contributed by atoms with Gasteiger partial charge in [-0.3, -0.25) is 0 Å². The normalized spacial score (nSPS) is 23.0. The van der Waals surface area contributed by atoms with Crippen LogP contribution in [0.2, 0.25) is 0 Å². The molecule has 2 unspecified atom stereocenters. The van der Waals surface area contributed by atoms with Crippen LogP contribution in [0, 0.1) is 5.82 Å². The van der Waals surface area contributed by atoms with Gasteiger partial charge in [-0.25, -0.2) is 4.39 Å². The largest absolute Gasteiger partial charge is 0.485 e. The molecule has 4 heteroatoms. The molecule has 0 saturated carbocycles. The summed E-state index contributed by atoms with van der Waals surface area (Å²) in [7, 11) is 1.88. The van der Waals surface area contributed by atoms with Crippen LogP contribution in [0.1, 0.15) is 31.4 Å². The first-order chi connectivity index (χ1) is 7.69. The molecule has 0 fully saturated rings. The van der Waals surface area contributed by atoms with Gasteiger partial charge in [-0.2, -0.15) is 0 Å². The first-order valence-electron chi connectivity index (χ1n) is 5.50. The number of nitrogens with one attached hydrogen (secondary N) is 1. The SMILES string of the molecule is CCCC1Oc2c(F)ccc(Br)c2C1NC. The van der Waals surface area contributed by atoms with Crippen molar-refractivity contribution in [2.45, 2.75) is 31.9 Å². The first-order valence-corrected chi connectivity index (χ1v) is 6.30. The Morgan fingerprint density at radius 2 is 2.25 bits per heavy atom. The zero-order chi connectivity index (χ0) is 11.7. The molecule has 1 aromatic carbocycles. The second-order valence-electron chi connectivity index (χ2n) is 3.98. The van der Waals surface area contributed by atoms with Crippen molar-refractivity contribution in [3.63, 3.8) is 0 Å². The number of rotatable bonds is 3. The van der Waals surface area contributed by atoms with E-state index in [4.69, 9.17) is 4.74 Å². The highest BCUT2D eigenvalue weighted by Crippen LogP contribution is 2.43. The summed E-state index contributed by atoms with van der Waals surface area (Å²) in [4.78, 5) is 0. The molecule has 0 radical (unpaired) electrons. The number of ether oxygens (including phenoxy) is 1. The summed E-state index contributed by atoms with van der Waals surface area (Å²) in [5, 5.41) is 3.20. The third-order valence-electron chi connectivity index (χ3n) is 2.93. The van der Waals surface area contributed by atoms with E-state index in [1.54, 1.807) is 6.07 Å². The first kappa shape index (κ1) is 11.9. The van der Waals surface area contributed by atoms with Gasteiger partial charge in [-0.15, -0.1) is 0 Å². The fraction of sp³-hybridized carbons (Fsp3) is 0.500. The minimum Gasteiger partial charge on any atom is -0.485 e. The van der Waals surface area contributed by atoms with Gasteiger partial charge in [0.15, 0.2) is 11.6 Å². The smallest absolute Gasteiger partial charge is 0.165 e. The molecule has 1 aliphatic rings. The summed E-state index contributed by atoms with van der Waals surface area (Å²) in [6, 6.07) is 3.24. The van der Waals surface area contributed by atoms with Crippen molar-refractivity contribution in [2.24, 2.45) is 0 Å². The van der Waals surface area contributed by atoms with E-state index < -0.39 is 0 Å². The lowest BCUT2D eigenvalue weighted by atomic mass is 10.0. The Morgan fingerprint density at radius 1 is 1.50 bits per heavy atom. The Labute approximate surface area is 103 Å². The monoisotopic (exact) mass is 287 g/mol. The molecular formula is C12H15BrFNO. The Balaban J connectivity index is 2.42. The van der Waals surface area contributed by atoms with Crippen LogP contribution in [0.4, 0.5) is 4.39 Å². The van der Waals surface area contributed by atoms with Crippen molar-refractivity contribution >= 4 is 15.9 Å². The Hall–Kier alpha value is -0.610.